The molecular formula is C15H22N4O2. The van der Waals surface area contributed by atoms with E-state index in [0.717, 1.165) is 24.1 Å². The van der Waals surface area contributed by atoms with Crippen molar-refractivity contribution in [1.29, 1.82) is 5.26 Å². The molecule has 0 radical (unpaired) electrons. The average Bonchev–Trinajstić information content (AvgIpc) is 2.51. The summed E-state index contributed by atoms with van der Waals surface area (Å²) in [6.45, 7) is 6.19. The van der Waals surface area contributed by atoms with Gasteiger partial charge in [-0.1, -0.05) is 20.8 Å². The number of esters is 1. The van der Waals surface area contributed by atoms with Crippen LogP contribution < -0.4 is 4.90 Å². The van der Waals surface area contributed by atoms with Gasteiger partial charge in [-0.3, -0.25) is 4.79 Å². The van der Waals surface area contributed by atoms with Crippen LogP contribution in [0.2, 0.25) is 0 Å². The molecule has 1 rings (SSSR count). The molecule has 1 aromatic heterocycles. The molecule has 0 saturated heterocycles. The highest BCUT2D eigenvalue weighted by atomic mass is 16.5. The van der Waals surface area contributed by atoms with Gasteiger partial charge >= 0.3 is 5.97 Å². The van der Waals surface area contributed by atoms with Gasteiger partial charge in [0.05, 0.1) is 18.7 Å². The summed E-state index contributed by atoms with van der Waals surface area (Å²) in [4.78, 5) is 13.3. The molecule has 21 heavy (non-hydrogen) atoms. The third-order valence-corrected chi connectivity index (χ3v) is 3.45. The van der Waals surface area contributed by atoms with E-state index in [1.807, 2.05) is 13.8 Å². The molecule has 1 atom stereocenters. The lowest BCUT2D eigenvalue weighted by Gasteiger charge is -2.23. The fourth-order valence-corrected chi connectivity index (χ4v) is 2.32. The van der Waals surface area contributed by atoms with E-state index in [4.69, 9.17) is 4.74 Å². The van der Waals surface area contributed by atoms with Crippen LogP contribution in [-0.2, 0) is 22.4 Å². The quantitative estimate of drug-likeness (QED) is 0.742. The summed E-state index contributed by atoms with van der Waals surface area (Å²) < 4.78 is 4.72. The third-order valence-electron chi connectivity index (χ3n) is 3.45. The summed E-state index contributed by atoms with van der Waals surface area (Å²) in [7, 11) is 3.17. The molecule has 6 nitrogen and oxygen atoms in total. The normalized spacial score (nSPS) is 11.6. The summed E-state index contributed by atoms with van der Waals surface area (Å²) in [6.07, 6.45) is 1.47. The first kappa shape index (κ1) is 16.9. The van der Waals surface area contributed by atoms with E-state index in [1.165, 1.54) is 7.11 Å². The third kappa shape index (κ3) is 3.69. The van der Waals surface area contributed by atoms with Crippen LogP contribution in [0.4, 0.5) is 5.82 Å². The molecule has 0 saturated carbocycles. The van der Waals surface area contributed by atoms with Crippen LogP contribution in [0.15, 0.2) is 0 Å². The Morgan fingerprint density at radius 3 is 2.52 bits per heavy atom. The maximum absolute atomic E-state index is 11.5. The summed E-state index contributed by atoms with van der Waals surface area (Å²) >= 11 is 0. The Morgan fingerprint density at radius 2 is 2.05 bits per heavy atom. The van der Waals surface area contributed by atoms with Gasteiger partial charge in [0.2, 0.25) is 0 Å². The SMILES string of the molecule is CCc1nnc(N(C)CC(C)C(=O)OC)c(C#N)c1CC. The van der Waals surface area contributed by atoms with Crippen molar-refractivity contribution in [2.24, 2.45) is 5.92 Å². The second-order valence-electron chi connectivity index (χ2n) is 4.95. The number of nitriles is 1. The second kappa shape index (κ2) is 7.58. The van der Waals surface area contributed by atoms with E-state index in [2.05, 4.69) is 16.3 Å². The van der Waals surface area contributed by atoms with Crippen molar-refractivity contribution in [3.05, 3.63) is 16.8 Å². The first-order chi connectivity index (χ1) is 9.99. The summed E-state index contributed by atoms with van der Waals surface area (Å²) in [5.74, 6) is -0.0687. The van der Waals surface area contributed by atoms with Crippen LogP contribution in [0.3, 0.4) is 0 Å². The van der Waals surface area contributed by atoms with E-state index in [0.29, 0.717) is 17.9 Å². The average molecular weight is 290 g/mol. The van der Waals surface area contributed by atoms with Gasteiger partial charge in [-0.2, -0.15) is 10.4 Å². The number of aryl methyl sites for hydroxylation is 1. The summed E-state index contributed by atoms with van der Waals surface area (Å²) in [5.41, 5.74) is 2.33. The number of hydrogen-bond acceptors (Lipinski definition) is 6. The number of nitrogens with zero attached hydrogens (tertiary/aromatic N) is 4. The predicted octanol–water partition coefficient (Wildman–Crippen LogP) is 1.72. The first-order valence-electron chi connectivity index (χ1n) is 7.07. The lowest BCUT2D eigenvalue weighted by Crippen LogP contribution is -2.31. The summed E-state index contributed by atoms with van der Waals surface area (Å²) in [6, 6.07) is 2.23. The number of hydrogen-bond donors (Lipinski definition) is 0. The molecule has 0 aliphatic carbocycles. The van der Waals surface area contributed by atoms with Crippen molar-refractivity contribution in [3.8, 4) is 6.07 Å². The molecule has 114 valence electrons. The Hall–Kier alpha value is -2.16. The molecule has 0 N–H and O–H groups in total. The number of carbonyl (C=O) groups is 1. The number of rotatable bonds is 6. The van der Waals surface area contributed by atoms with Crippen molar-refractivity contribution < 1.29 is 9.53 Å². The molecule has 0 spiro atoms. The Labute approximate surface area is 125 Å². The van der Waals surface area contributed by atoms with Crippen LogP contribution in [0.25, 0.3) is 0 Å². The monoisotopic (exact) mass is 290 g/mol. The molecule has 0 bridgehead atoms. The van der Waals surface area contributed by atoms with Crippen LogP contribution in [0.1, 0.15) is 37.6 Å². The maximum Gasteiger partial charge on any atom is 0.310 e. The Balaban J connectivity index is 3.13. The Kier molecular flexibility index (Phi) is 6.10. The number of anilines is 1. The molecule has 0 fully saturated rings. The second-order valence-corrected chi connectivity index (χ2v) is 4.95. The Morgan fingerprint density at radius 1 is 1.38 bits per heavy atom. The zero-order valence-electron chi connectivity index (χ0n) is 13.3. The summed E-state index contributed by atoms with van der Waals surface area (Å²) in [5, 5.41) is 17.8. The van der Waals surface area contributed by atoms with Crippen molar-refractivity contribution >= 4 is 11.8 Å². The number of carbonyl (C=O) groups excluding carboxylic acids is 1. The minimum Gasteiger partial charge on any atom is -0.469 e. The zero-order valence-corrected chi connectivity index (χ0v) is 13.3. The maximum atomic E-state index is 11.5. The molecule has 0 amide bonds. The lowest BCUT2D eigenvalue weighted by molar-refractivity contribution is -0.144. The molecular weight excluding hydrogens is 268 g/mol. The van der Waals surface area contributed by atoms with Gasteiger partial charge in [-0.05, 0) is 18.4 Å². The van der Waals surface area contributed by atoms with E-state index in [9.17, 15) is 10.1 Å². The minimum atomic E-state index is -0.302. The molecule has 0 aliphatic heterocycles. The standard InChI is InChI=1S/C15H22N4O2/c1-6-11-12(8-16)14(18-17-13(11)7-2)19(4)9-10(3)15(20)21-5/h10H,6-7,9H2,1-5H3. The van der Waals surface area contributed by atoms with Crippen molar-refractivity contribution in [3.63, 3.8) is 0 Å². The number of ether oxygens (including phenoxy) is 1. The number of methoxy groups -OCH3 is 1. The van der Waals surface area contributed by atoms with Crippen molar-refractivity contribution in [1.82, 2.24) is 10.2 Å². The zero-order chi connectivity index (χ0) is 16.0. The van der Waals surface area contributed by atoms with E-state index in [-0.39, 0.29) is 11.9 Å². The van der Waals surface area contributed by atoms with Crippen LogP contribution in [0.5, 0.6) is 0 Å². The smallest absolute Gasteiger partial charge is 0.310 e. The molecule has 1 unspecified atom stereocenters. The van der Waals surface area contributed by atoms with Crippen molar-refractivity contribution in [2.45, 2.75) is 33.6 Å². The van der Waals surface area contributed by atoms with E-state index in [1.54, 1.807) is 18.9 Å². The van der Waals surface area contributed by atoms with Gasteiger partial charge in [0.15, 0.2) is 5.82 Å². The van der Waals surface area contributed by atoms with Crippen LogP contribution >= 0.6 is 0 Å². The highest BCUT2D eigenvalue weighted by Crippen LogP contribution is 2.23. The highest BCUT2D eigenvalue weighted by molar-refractivity contribution is 5.72. The minimum absolute atomic E-state index is 0.283. The molecule has 0 aliphatic rings. The van der Waals surface area contributed by atoms with E-state index < -0.39 is 0 Å². The topological polar surface area (TPSA) is 79.1 Å². The molecule has 1 aromatic rings. The predicted molar refractivity (Wildman–Crippen MR) is 80.0 cm³/mol. The fraction of sp³-hybridized carbons (Fsp3) is 0.600. The molecule has 6 heteroatoms. The largest absolute Gasteiger partial charge is 0.469 e. The lowest BCUT2D eigenvalue weighted by atomic mass is 10.0. The van der Waals surface area contributed by atoms with Gasteiger partial charge in [0, 0.05) is 13.6 Å². The molecule has 0 aromatic carbocycles. The Bertz CT molecular complexity index is 551. The van der Waals surface area contributed by atoms with Crippen molar-refractivity contribution in [2.75, 3.05) is 25.6 Å². The van der Waals surface area contributed by atoms with Crippen LogP contribution in [0, 0.1) is 17.2 Å². The van der Waals surface area contributed by atoms with Gasteiger partial charge in [-0.15, -0.1) is 5.10 Å². The molecule has 1 heterocycles. The highest BCUT2D eigenvalue weighted by Gasteiger charge is 2.21. The van der Waals surface area contributed by atoms with Crippen LogP contribution in [-0.4, -0.2) is 36.9 Å². The fourth-order valence-electron chi connectivity index (χ4n) is 2.32. The van der Waals surface area contributed by atoms with Gasteiger partial charge < -0.3 is 9.64 Å². The van der Waals surface area contributed by atoms with Gasteiger partial charge in [0.25, 0.3) is 0 Å². The van der Waals surface area contributed by atoms with Gasteiger partial charge in [-0.25, -0.2) is 0 Å². The van der Waals surface area contributed by atoms with Gasteiger partial charge in [0.1, 0.15) is 11.6 Å². The van der Waals surface area contributed by atoms with E-state index >= 15 is 0 Å². The first-order valence-corrected chi connectivity index (χ1v) is 7.07. The number of aromatic nitrogens is 2.